The van der Waals surface area contributed by atoms with Crippen molar-refractivity contribution < 1.29 is 14.3 Å². The van der Waals surface area contributed by atoms with E-state index in [0.29, 0.717) is 41.0 Å². The van der Waals surface area contributed by atoms with Crippen molar-refractivity contribution in [1.82, 2.24) is 4.90 Å². The Bertz CT molecular complexity index is 855. The number of para-hydroxylation sites is 1. The minimum Gasteiger partial charge on any atom is -0.492 e. The highest BCUT2D eigenvalue weighted by Gasteiger charge is 2.22. The zero-order chi connectivity index (χ0) is 20.8. The van der Waals surface area contributed by atoms with Crippen LogP contribution in [-0.4, -0.2) is 36.4 Å². The monoisotopic (exact) mass is 394 g/mol. The van der Waals surface area contributed by atoms with Gasteiger partial charge < -0.3 is 15.0 Å². The highest BCUT2D eigenvalue weighted by atomic mass is 16.5. The molecule has 1 aliphatic rings. The van der Waals surface area contributed by atoms with Crippen molar-refractivity contribution in [2.45, 2.75) is 33.6 Å². The van der Waals surface area contributed by atoms with Gasteiger partial charge in [0.15, 0.2) is 0 Å². The van der Waals surface area contributed by atoms with E-state index in [2.05, 4.69) is 26.1 Å². The zero-order valence-corrected chi connectivity index (χ0v) is 17.5. The number of benzene rings is 2. The number of amides is 2. The molecule has 0 radical (unpaired) electrons. The summed E-state index contributed by atoms with van der Waals surface area (Å²) in [7, 11) is 0. The fourth-order valence-electron chi connectivity index (χ4n) is 3.36. The molecule has 0 unspecified atom stereocenters. The van der Waals surface area contributed by atoms with Gasteiger partial charge in [-0.3, -0.25) is 9.59 Å². The quantitative estimate of drug-likeness (QED) is 0.762. The van der Waals surface area contributed by atoms with E-state index in [4.69, 9.17) is 4.74 Å². The average molecular weight is 395 g/mol. The summed E-state index contributed by atoms with van der Waals surface area (Å²) in [5.74, 6) is 1.37. The van der Waals surface area contributed by atoms with Gasteiger partial charge in [-0.15, -0.1) is 0 Å². The van der Waals surface area contributed by atoms with Gasteiger partial charge in [-0.05, 0) is 55.0 Å². The first-order valence-electron chi connectivity index (χ1n) is 10.4. The summed E-state index contributed by atoms with van der Waals surface area (Å²) in [5, 5.41) is 2.90. The lowest BCUT2D eigenvalue weighted by Crippen LogP contribution is -2.37. The maximum atomic E-state index is 12.8. The number of ether oxygens (including phenoxy) is 1. The van der Waals surface area contributed by atoms with Crippen LogP contribution in [-0.2, 0) is 0 Å². The van der Waals surface area contributed by atoms with Crippen molar-refractivity contribution in [2.75, 3.05) is 25.0 Å². The van der Waals surface area contributed by atoms with Gasteiger partial charge in [-0.1, -0.05) is 39.0 Å². The molecule has 1 fully saturated rings. The minimum absolute atomic E-state index is 0.0219. The van der Waals surface area contributed by atoms with Crippen LogP contribution in [0.5, 0.6) is 5.75 Å². The Morgan fingerprint density at radius 3 is 2.55 bits per heavy atom. The Labute approximate surface area is 173 Å². The molecular weight excluding hydrogens is 364 g/mol. The molecule has 5 nitrogen and oxygen atoms in total. The molecule has 0 aromatic heterocycles. The van der Waals surface area contributed by atoms with Crippen molar-refractivity contribution in [3.8, 4) is 5.75 Å². The number of rotatable bonds is 6. The Kier molecular flexibility index (Phi) is 6.91. The van der Waals surface area contributed by atoms with Crippen LogP contribution >= 0.6 is 0 Å². The lowest BCUT2D eigenvalue weighted by Gasteiger charge is -2.30. The third-order valence-electron chi connectivity index (χ3n) is 5.14. The molecule has 0 atom stereocenters. The normalized spacial score (nSPS) is 14.7. The minimum atomic E-state index is -0.249. The molecule has 2 aromatic carbocycles. The molecule has 5 heteroatoms. The summed E-state index contributed by atoms with van der Waals surface area (Å²) >= 11 is 0. The molecule has 1 N–H and O–H groups in total. The molecule has 0 saturated carbocycles. The van der Waals surface area contributed by atoms with Crippen molar-refractivity contribution in [1.29, 1.82) is 0 Å². The van der Waals surface area contributed by atoms with Crippen LogP contribution in [0.2, 0.25) is 0 Å². The summed E-state index contributed by atoms with van der Waals surface area (Å²) in [6.45, 7) is 8.47. The van der Waals surface area contributed by atoms with Crippen molar-refractivity contribution in [3.05, 3.63) is 59.7 Å². The molecule has 29 heavy (non-hydrogen) atoms. The van der Waals surface area contributed by atoms with E-state index >= 15 is 0 Å². The lowest BCUT2D eigenvalue weighted by atomic mass is 9.98. The number of hydrogen-bond acceptors (Lipinski definition) is 3. The molecular formula is C24H30N2O3. The summed E-state index contributed by atoms with van der Waals surface area (Å²) in [4.78, 5) is 27.5. The van der Waals surface area contributed by atoms with Crippen LogP contribution in [0, 0.1) is 11.8 Å². The number of nitrogens with zero attached hydrogens (tertiary/aromatic N) is 1. The van der Waals surface area contributed by atoms with Gasteiger partial charge in [0.1, 0.15) is 5.75 Å². The van der Waals surface area contributed by atoms with Gasteiger partial charge in [0.2, 0.25) is 0 Å². The Morgan fingerprint density at radius 2 is 1.83 bits per heavy atom. The van der Waals surface area contributed by atoms with E-state index in [1.165, 1.54) is 0 Å². The summed E-state index contributed by atoms with van der Waals surface area (Å²) < 4.78 is 5.79. The molecule has 2 amide bonds. The lowest BCUT2D eigenvalue weighted by molar-refractivity contribution is 0.0697. The van der Waals surface area contributed by atoms with Gasteiger partial charge >= 0.3 is 0 Å². The second-order valence-electron chi connectivity index (χ2n) is 8.21. The first-order chi connectivity index (χ1) is 13.9. The van der Waals surface area contributed by atoms with Crippen LogP contribution in [0.4, 0.5) is 5.69 Å². The van der Waals surface area contributed by atoms with Crippen LogP contribution in [0.25, 0.3) is 0 Å². The van der Waals surface area contributed by atoms with Gasteiger partial charge in [0.25, 0.3) is 11.8 Å². The predicted molar refractivity (Wildman–Crippen MR) is 115 cm³/mol. The molecule has 0 spiro atoms. The van der Waals surface area contributed by atoms with Crippen LogP contribution < -0.4 is 10.1 Å². The van der Waals surface area contributed by atoms with E-state index in [0.717, 1.165) is 25.9 Å². The SMILES string of the molecule is CC(C)COc1ccccc1C(=O)Nc1cccc(C(=O)N2CCC(C)CC2)c1. The number of piperidine rings is 1. The number of likely N-dealkylation sites (tertiary alicyclic amines) is 1. The summed E-state index contributed by atoms with van der Waals surface area (Å²) in [5.41, 5.74) is 1.68. The molecule has 1 aliphatic heterocycles. The number of carbonyl (C=O) groups is 2. The third-order valence-corrected chi connectivity index (χ3v) is 5.14. The molecule has 154 valence electrons. The second-order valence-corrected chi connectivity index (χ2v) is 8.21. The van der Waals surface area contributed by atoms with E-state index < -0.39 is 0 Å². The molecule has 2 aromatic rings. The molecule has 1 heterocycles. The molecule has 0 bridgehead atoms. The molecule has 1 saturated heterocycles. The van der Waals surface area contributed by atoms with Gasteiger partial charge in [-0.2, -0.15) is 0 Å². The number of carbonyl (C=O) groups excluding carboxylic acids is 2. The van der Waals surface area contributed by atoms with Crippen molar-refractivity contribution in [2.24, 2.45) is 11.8 Å². The van der Waals surface area contributed by atoms with E-state index in [9.17, 15) is 9.59 Å². The predicted octanol–water partition coefficient (Wildman–Crippen LogP) is 4.85. The van der Waals surface area contributed by atoms with Gasteiger partial charge in [-0.25, -0.2) is 0 Å². The number of nitrogens with one attached hydrogen (secondary N) is 1. The van der Waals surface area contributed by atoms with Gasteiger partial charge in [0, 0.05) is 24.3 Å². The fraction of sp³-hybridized carbons (Fsp3) is 0.417. The first-order valence-corrected chi connectivity index (χ1v) is 10.4. The first kappa shape index (κ1) is 20.9. The highest BCUT2D eigenvalue weighted by molar-refractivity contribution is 6.06. The summed E-state index contributed by atoms with van der Waals surface area (Å²) in [6, 6.07) is 14.4. The van der Waals surface area contributed by atoms with Gasteiger partial charge in [0.05, 0.1) is 12.2 Å². The second kappa shape index (κ2) is 9.59. The maximum Gasteiger partial charge on any atom is 0.259 e. The Balaban J connectivity index is 1.70. The topological polar surface area (TPSA) is 58.6 Å². The zero-order valence-electron chi connectivity index (χ0n) is 17.5. The number of hydrogen-bond donors (Lipinski definition) is 1. The van der Waals surface area contributed by atoms with E-state index in [1.807, 2.05) is 17.0 Å². The van der Waals surface area contributed by atoms with Crippen molar-refractivity contribution in [3.63, 3.8) is 0 Å². The standard InChI is InChI=1S/C24H30N2O3/c1-17(2)16-29-22-10-5-4-9-21(22)23(27)25-20-8-6-7-19(15-20)24(28)26-13-11-18(3)12-14-26/h4-10,15,17-18H,11-14,16H2,1-3H3,(H,25,27). The largest absolute Gasteiger partial charge is 0.492 e. The van der Waals surface area contributed by atoms with E-state index in [1.54, 1.807) is 36.4 Å². The average Bonchev–Trinajstić information content (AvgIpc) is 2.72. The van der Waals surface area contributed by atoms with Crippen LogP contribution in [0.15, 0.2) is 48.5 Å². The summed E-state index contributed by atoms with van der Waals surface area (Å²) in [6.07, 6.45) is 2.07. The van der Waals surface area contributed by atoms with E-state index in [-0.39, 0.29) is 11.8 Å². The molecule has 3 rings (SSSR count). The Morgan fingerprint density at radius 1 is 1.10 bits per heavy atom. The van der Waals surface area contributed by atoms with Crippen LogP contribution in [0.3, 0.4) is 0 Å². The number of anilines is 1. The smallest absolute Gasteiger partial charge is 0.259 e. The maximum absolute atomic E-state index is 12.8. The molecule has 0 aliphatic carbocycles. The third kappa shape index (κ3) is 5.59. The highest BCUT2D eigenvalue weighted by Crippen LogP contribution is 2.22. The van der Waals surface area contributed by atoms with Crippen LogP contribution in [0.1, 0.15) is 54.3 Å². The Hall–Kier alpha value is -2.82. The van der Waals surface area contributed by atoms with Crippen molar-refractivity contribution >= 4 is 17.5 Å². The fourth-order valence-corrected chi connectivity index (χ4v) is 3.36.